The van der Waals surface area contributed by atoms with E-state index < -0.39 is 22.5 Å². The zero-order chi connectivity index (χ0) is 29.2. The summed E-state index contributed by atoms with van der Waals surface area (Å²) in [5.74, 6) is 0.0687. The summed E-state index contributed by atoms with van der Waals surface area (Å²) in [6, 6.07) is 9.37. The third-order valence-electron chi connectivity index (χ3n) is 6.25. The predicted octanol–water partition coefficient (Wildman–Crippen LogP) is 5.11. The first kappa shape index (κ1) is 28.4. The van der Waals surface area contributed by atoms with Crippen LogP contribution >= 0.6 is 0 Å². The van der Waals surface area contributed by atoms with Crippen LogP contribution in [0.1, 0.15) is 5.56 Å². The highest BCUT2D eigenvalue weighted by Crippen LogP contribution is 2.40. The van der Waals surface area contributed by atoms with Crippen LogP contribution in [0.4, 0.5) is 36.2 Å². The molecule has 2 aromatic carbocycles. The molecule has 11 nitrogen and oxygen atoms in total. The number of rotatable bonds is 10. The first-order chi connectivity index (χ1) is 18.9. The van der Waals surface area contributed by atoms with E-state index in [1.807, 2.05) is 19.0 Å². The maximum atomic E-state index is 14.0. The molecule has 0 bridgehead atoms. The average molecular weight is 560 g/mol. The van der Waals surface area contributed by atoms with Gasteiger partial charge in [0.1, 0.15) is 22.7 Å². The van der Waals surface area contributed by atoms with Gasteiger partial charge in [-0.15, -0.1) is 0 Å². The molecule has 0 unspecified atom stereocenters. The second kappa shape index (κ2) is 11.3. The standard InChI is InChI=1S/C26H28F3N7O4/c1-33(2)11-12-34(3)20-14-23(40-5)18(13-21(20)36(37)38)31-25-30-15-17(26(27,28)29)24(32-25)35-10-9-16-19(35)7-6-8-22(16)39-4/h6-10,13-15H,11-12H2,1-5H3,(H,30,31,32). The van der Waals surface area contributed by atoms with Crippen molar-refractivity contribution in [3.05, 3.63) is 64.5 Å². The number of nitrogens with zero attached hydrogens (tertiary/aromatic N) is 6. The van der Waals surface area contributed by atoms with Gasteiger partial charge in [0.25, 0.3) is 5.69 Å². The van der Waals surface area contributed by atoms with E-state index in [4.69, 9.17) is 9.47 Å². The Morgan fingerprint density at radius 1 is 1.07 bits per heavy atom. The zero-order valence-electron chi connectivity index (χ0n) is 22.5. The molecule has 0 amide bonds. The number of nitrogens with one attached hydrogen (secondary N) is 1. The number of nitro groups is 1. The number of fused-ring (bicyclic) bond motifs is 1. The fourth-order valence-corrected chi connectivity index (χ4v) is 4.19. The van der Waals surface area contributed by atoms with Crippen molar-refractivity contribution in [2.24, 2.45) is 0 Å². The lowest BCUT2D eigenvalue weighted by Gasteiger charge is -2.23. The lowest BCUT2D eigenvalue weighted by Crippen LogP contribution is -2.29. The molecule has 0 aliphatic carbocycles. The van der Waals surface area contributed by atoms with Crippen LogP contribution in [0, 0.1) is 10.1 Å². The number of hydrogen-bond donors (Lipinski definition) is 1. The Bertz CT molecular complexity index is 1540. The van der Waals surface area contributed by atoms with Gasteiger partial charge in [-0.3, -0.25) is 10.1 Å². The van der Waals surface area contributed by atoms with E-state index in [2.05, 4.69) is 15.3 Å². The van der Waals surface area contributed by atoms with Crippen molar-refractivity contribution in [2.45, 2.75) is 6.18 Å². The van der Waals surface area contributed by atoms with Crippen LogP contribution in [-0.4, -0.2) is 72.8 Å². The van der Waals surface area contributed by atoms with Crippen LogP contribution in [0.3, 0.4) is 0 Å². The Labute approximate surface area is 227 Å². The molecule has 2 heterocycles. The van der Waals surface area contributed by atoms with Crippen molar-refractivity contribution >= 4 is 33.9 Å². The smallest absolute Gasteiger partial charge is 0.421 e. The second-order valence-electron chi connectivity index (χ2n) is 9.16. The molecule has 2 aromatic heterocycles. The molecule has 4 rings (SSSR count). The number of anilines is 3. The number of halogens is 3. The second-order valence-corrected chi connectivity index (χ2v) is 9.16. The van der Waals surface area contributed by atoms with Crippen LogP contribution < -0.4 is 19.7 Å². The largest absolute Gasteiger partial charge is 0.496 e. The van der Waals surface area contributed by atoms with Gasteiger partial charge in [0, 0.05) is 50.0 Å². The fraction of sp³-hybridized carbons (Fsp3) is 0.308. The molecule has 0 spiro atoms. The minimum Gasteiger partial charge on any atom is -0.496 e. The van der Waals surface area contributed by atoms with Gasteiger partial charge >= 0.3 is 6.18 Å². The topological polar surface area (TPSA) is 111 Å². The monoisotopic (exact) mass is 559 g/mol. The summed E-state index contributed by atoms with van der Waals surface area (Å²) >= 11 is 0. The molecule has 0 aliphatic rings. The molecule has 4 aromatic rings. The highest BCUT2D eigenvalue weighted by Gasteiger charge is 2.36. The third kappa shape index (κ3) is 5.71. The SMILES string of the molecule is COc1cc(N(C)CCN(C)C)c([N+](=O)[O-])cc1Nc1ncc(C(F)(F)F)c(-n2ccc3c(OC)cccc32)n1. The Morgan fingerprint density at radius 3 is 2.42 bits per heavy atom. The lowest BCUT2D eigenvalue weighted by molar-refractivity contribution is -0.384. The molecular weight excluding hydrogens is 531 g/mol. The maximum absolute atomic E-state index is 14.0. The summed E-state index contributed by atoms with van der Waals surface area (Å²) < 4.78 is 54.1. The number of hydrogen-bond acceptors (Lipinski definition) is 9. The molecular formula is C26H28F3N7O4. The van der Waals surface area contributed by atoms with Crippen molar-refractivity contribution in [1.29, 1.82) is 0 Å². The number of benzene rings is 2. The highest BCUT2D eigenvalue weighted by atomic mass is 19.4. The minimum absolute atomic E-state index is 0.115. The molecule has 40 heavy (non-hydrogen) atoms. The van der Waals surface area contributed by atoms with Crippen LogP contribution in [0.5, 0.6) is 11.5 Å². The van der Waals surface area contributed by atoms with Crippen LogP contribution in [-0.2, 0) is 6.18 Å². The van der Waals surface area contributed by atoms with Gasteiger partial charge in [-0.1, -0.05) is 6.07 Å². The van der Waals surface area contributed by atoms with Crippen molar-refractivity contribution in [1.82, 2.24) is 19.4 Å². The normalized spacial score (nSPS) is 11.6. The summed E-state index contributed by atoms with van der Waals surface area (Å²) in [6.45, 7) is 1.16. The number of methoxy groups -OCH3 is 2. The number of alkyl halides is 3. The molecule has 0 fully saturated rings. The molecule has 1 N–H and O–H groups in total. The van der Waals surface area contributed by atoms with Gasteiger partial charge in [0.15, 0.2) is 5.82 Å². The zero-order valence-corrected chi connectivity index (χ0v) is 22.5. The van der Waals surface area contributed by atoms with Crippen LogP contribution in [0.2, 0.25) is 0 Å². The number of aromatic nitrogens is 3. The van der Waals surface area contributed by atoms with E-state index in [9.17, 15) is 23.3 Å². The summed E-state index contributed by atoms with van der Waals surface area (Å²) in [5.41, 5.74) is -0.415. The Hall–Kier alpha value is -4.59. The van der Waals surface area contributed by atoms with E-state index in [0.717, 1.165) is 0 Å². The Kier molecular flexibility index (Phi) is 8.00. The van der Waals surface area contributed by atoms with E-state index in [0.29, 0.717) is 41.6 Å². The molecule has 0 atom stereocenters. The number of likely N-dealkylation sites (N-methyl/N-ethyl adjacent to an activating group) is 2. The van der Waals surface area contributed by atoms with Gasteiger partial charge in [-0.05, 0) is 32.3 Å². The van der Waals surface area contributed by atoms with Crippen molar-refractivity contribution in [3.8, 4) is 17.3 Å². The Balaban J connectivity index is 1.80. The summed E-state index contributed by atoms with van der Waals surface area (Å²) in [4.78, 5) is 23.1. The van der Waals surface area contributed by atoms with Crippen molar-refractivity contribution in [3.63, 3.8) is 0 Å². The first-order valence-corrected chi connectivity index (χ1v) is 12.0. The van der Waals surface area contributed by atoms with Crippen LogP contribution in [0.15, 0.2) is 48.8 Å². The maximum Gasteiger partial charge on any atom is 0.421 e. The van der Waals surface area contributed by atoms with Crippen LogP contribution in [0.25, 0.3) is 16.7 Å². The lowest BCUT2D eigenvalue weighted by atomic mass is 10.2. The average Bonchev–Trinajstić information content (AvgIpc) is 3.35. The minimum atomic E-state index is -4.75. The summed E-state index contributed by atoms with van der Waals surface area (Å²) in [7, 11) is 8.36. The summed E-state index contributed by atoms with van der Waals surface area (Å²) in [6.07, 6.45) is -2.63. The highest BCUT2D eigenvalue weighted by molar-refractivity contribution is 5.88. The number of ether oxygens (including phenoxy) is 2. The molecule has 0 saturated heterocycles. The third-order valence-corrected chi connectivity index (χ3v) is 6.25. The van der Waals surface area contributed by atoms with Gasteiger partial charge in [-0.2, -0.15) is 18.2 Å². The van der Waals surface area contributed by atoms with Crippen molar-refractivity contribution < 1.29 is 27.6 Å². The van der Waals surface area contributed by atoms with E-state index in [1.54, 1.807) is 36.2 Å². The van der Waals surface area contributed by atoms with E-state index in [1.165, 1.54) is 37.1 Å². The predicted molar refractivity (Wildman–Crippen MR) is 145 cm³/mol. The van der Waals surface area contributed by atoms with Gasteiger partial charge < -0.3 is 29.2 Å². The van der Waals surface area contributed by atoms with E-state index in [-0.39, 0.29) is 23.1 Å². The number of nitro benzene ring substituents is 1. The molecule has 14 heteroatoms. The van der Waals surface area contributed by atoms with Gasteiger partial charge in [0.05, 0.1) is 30.3 Å². The van der Waals surface area contributed by atoms with Gasteiger partial charge in [0.2, 0.25) is 5.95 Å². The van der Waals surface area contributed by atoms with Crippen molar-refractivity contribution in [2.75, 3.05) is 58.7 Å². The molecule has 212 valence electrons. The Morgan fingerprint density at radius 2 is 1.80 bits per heavy atom. The molecule has 0 radical (unpaired) electrons. The molecule has 0 saturated carbocycles. The van der Waals surface area contributed by atoms with E-state index >= 15 is 0 Å². The first-order valence-electron chi connectivity index (χ1n) is 12.0. The quantitative estimate of drug-likeness (QED) is 0.209. The molecule has 0 aliphatic heterocycles. The fourth-order valence-electron chi connectivity index (χ4n) is 4.19. The summed E-state index contributed by atoms with van der Waals surface area (Å²) in [5, 5.41) is 15.3. The van der Waals surface area contributed by atoms with Gasteiger partial charge in [-0.25, -0.2) is 4.98 Å².